The summed E-state index contributed by atoms with van der Waals surface area (Å²) in [6.07, 6.45) is 0. The third kappa shape index (κ3) is 3.90. The molecule has 2 rings (SSSR count). The van der Waals surface area contributed by atoms with Gasteiger partial charge >= 0.3 is 0 Å². The number of hydrogen-bond donors (Lipinski definition) is 0. The zero-order chi connectivity index (χ0) is 15.2. The smallest absolute Gasteiger partial charge is 0.136 e. The van der Waals surface area contributed by atoms with Gasteiger partial charge in [0.25, 0.3) is 0 Å². The molecule has 0 aliphatic heterocycles. The van der Waals surface area contributed by atoms with E-state index in [2.05, 4.69) is 22.0 Å². The molecule has 0 aliphatic carbocycles. The molecule has 108 valence electrons. The fourth-order valence-electron chi connectivity index (χ4n) is 1.89. The van der Waals surface area contributed by atoms with Crippen LogP contribution in [0.4, 0.5) is 0 Å². The van der Waals surface area contributed by atoms with E-state index in [1.54, 1.807) is 25.3 Å². The van der Waals surface area contributed by atoms with Crippen molar-refractivity contribution < 1.29 is 9.47 Å². The average Bonchev–Trinajstić information content (AvgIpc) is 2.53. The van der Waals surface area contributed by atoms with Crippen LogP contribution in [-0.2, 0) is 11.9 Å². The van der Waals surface area contributed by atoms with E-state index < -0.39 is 0 Å². The number of nitriles is 1. The summed E-state index contributed by atoms with van der Waals surface area (Å²) in [5.74, 6) is 1.33. The van der Waals surface area contributed by atoms with Crippen LogP contribution in [0.15, 0.2) is 36.4 Å². The highest BCUT2D eigenvalue weighted by atomic mass is 79.9. The zero-order valence-electron chi connectivity index (χ0n) is 11.4. The van der Waals surface area contributed by atoms with Crippen LogP contribution in [0.3, 0.4) is 0 Å². The van der Waals surface area contributed by atoms with Crippen molar-refractivity contribution >= 4 is 27.5 Å². The molecule has 0 spiro atoms. The molecule has 0 amide bonds. The molecular weight excluding hydrogens is 354 g/mol. The lowest BCUT2D eigenvalue weighted by atomic mass is 10.1. The number of methoxy groups -OCH3 is 1. The Bertz CT molecular complexity index is 682. The van der Waals surface area contributed by atoms with Crippen LogP contribution in [0.1, 0.15) is 16.7 Å². The van der Waals surface area contributed by atoms with E-state index in [9.17, 15) is 0 Å². The first kappa shape index (κ1) is 15.7. The molecule has 0 saturated carbocycles. The number of halogens is 2. The summed E-state index contributed by atoms with van der Waals surface area (Å²) in [4.78, 5) is 0. The highest BCUT2D eigenvalue weighted by Gasteiger charge is 2.07. The molecule has 0 atom stereocenters. The SMILES string of the molecule is COc1ccc(COc2ccc(Cl)cc2CBr)cc1C#N. The Morgan fingerprint density at radius 1 is 1.19 bits per heavy atom. The molecular formula is C16H13BrClNO2. The summed E-state index contributed by atoms with van der Waals surface area (Å²) in [6.45, 7) is 0.375. The first-order chi connectivity index (χ1) is 10.2. The van der Waals surface area contributed by atoms with Gasteiger partial charge in [-0.2, -0.15) is 5.26 Å². The molecule has 0 heterocycles. The Hall–Kier alpha value is -1.70. The predicted molar refractivity (Wildman–Crippen MR) is 86.1 cm³/mol. The van der Waals surface area contributed by atoms with Crippen molar-refractivity contribution in [2.24, 2.45) is 0 Å². The second-order valence-corrected chi connectivity index (χ2v) is 5.32. The predicted octanol–water partition coefficient (Wildman–Crippen LogP) is 4.69. The van der Waals surface area contributed by atoms with Crippen molar-refractivity contribution in [2.75, 3.05) is 7.11 Å². The maximum Gasteiger partial charge on any atom is 0.136 e. The van der Waals surface area contributed by atoms with Gasteiger partial charge in [0.1, 0.15) is 24.2 Å². The Kier molecular flexibility index (Phi) is 5.49. The monoisotopic (exact) mass is 365 g/mol. The van der Waals surface area contributed by atoms with Crippen LogP contribution in [0, 0.1) is 11.3 Å². The third-order valence-electron chi connectivity index (χ3n) is 2.95. The zero-order valence-corrected chi connectivity index (χ0v) is 13.7. The van der Waals surface area contributed by atoms with Crippen molar-refractivity contribution in [1.82, 2.24) is 0 Å². The van der Waals surface area contributed by atoms with Crippen molar-refractivity contribution in [3.63, 3.8) is 0 Å². The van der Waals surface area contributed by atoms with Gasteiger partial charge in [-0.1, -0.05) is 33.6 Å². The van der Waals surface area contributed by atoms with E-state index in [1.165, 1.54) is 0 Å². The fraction of sp³-hybridized carbons (Fsp3) is 0.188. The van der Waals surface area contributed by atoms with Gasteiger partial charge in [-0.05, 0) is 35.9 Å². The number of benzene rings is 2. The van der Waals surface area contributed by atoms with Gasteiger partial charge in [0, 0.05) is 15.9 Å². The molecule has 2 aromatic carbocycles. The highest BCUT2D eigenvalue weighted by Crippen LogP contribution is 2.26. The first-order valence-electron chi connectivity index (χ1n) is 6.22. The van der Waals surface area contributed by atoms with E-state index in [-0.39, 0.29) is 0 Å². The third-order valence-corrected chi connectivity index (χ3v) is 3.78. The number of nitrogens with zero attached hydrogens (tertiary/aromatic N) is 1. The minimum Gasteiger partial charge on any atom is -0.495 e. The summed E-state index contributed by atoms with van der Waals surface area (Å²) < 4.78 is 10.9. The average molecular weight is 367 g/mol. The largest absolute Gasteiger partial charge is 0.495 e. The molecule has 0 aromatic heterocycles. The molecule has 5 heteroatoms. The lowest BCUT2D eigenvalue weighted by molar-refractivity contribution is 0.303. The van der Waals surface area contributed by atoms with Crippen LogP contribution < -0.4 is 9.47 Å². The van der Waals surface area contributed by atoms with E-state index in [0.29, 0.717) is 28.3 Å². The van der Waals surface area contributed by atoms with Crippen LogP contribution in [0.25, 0.3) is 0 Å². The standard InChI is InChI=1S/C16H13BrClNO2/c1-20-15-4-2-11(6-13(15)9-19)10-21-16-5-3-14(18)7-12(16)8-17/h2-7H,8,10H2,1H3. The molecule has 0 N–H and O–H groups in total. The molecule has 0 aliphatic rings. The Balaban J connectivity index is 2.15. The minimum atomic E-state index is 0.375. The minimum absolute atomic E-state index is 0.375. The molecule has 0 fully saturated rings. The molecule has 0 saturated heterocycles. The van der Waals surface area contributed by atoms with Crippen LogP contribution in [0.2, 0.25) is 5.02 Å². The van der Waals surface area contributed by atoms with Gasteiger partial charge in [0.15, 0.2) is 0 Å². The van der Waals surface area contributed by atoms with Crippen molar-refractivity contribution in [2.45, 2.75) is 11.9 Å². The summed E-state index contributed by atoms with van der Waals surface area (Å²) in [5, 5.41) is 10.4. The lowest BCUT2D eigenvalue weighted by Gasteiger charge is -2.11. The van der Waals surface area contributed by atoms with Gasteiger partial charge < -0.3 is 9.47 Å². The van der Waals surface area contributed by atoms with Crippen molar-refractivity contribution in [3.05, 3.63) is 58.1 Å². The number of rotatable bonds is 5. The molecule has 0 unspecified atom stereocenters. The normalized spacial score (nSPS) is 10.0. The molecule has 3 nitrogen and oxygen atoms in total. The lowest BCUT2D eigenvalue weighted by Crippen LogP contribution is -1.99. The molecule has 0 bridgehead atoms. The Morgan fingerprint density at radius 2 is 1.95 bits per heavy atom. The molecule has 2 aromatic rings. The second-order valence-electron chi connectivity index (χ2n) is 4.32. The van der Waals surface area contributed by atoms with Gasteiger partial charge in [-0.3, -0.25) is 0 Å². The van der Waals surface area contributed by atoms with E-state index >= 15 is 0 Å². The number of alkyl halides is 1. The summed E-state index contributed by atoms with van der Waals surface area (Å²) in [7, 11) is 1.54. The number of ether oxygens (including phenoxy) is 2. The summed E-state index contributed by atoms with van der Waals surface area (Å²) in [6, 6.07) is 13.0. The molecule has 0 radical (unpaired) electrons. The Morgan fingerprint density at radius 3 is 2.62 bits per heavy atom. The fourth-order valence-corrected chi connectivity index (χ4v) is 2.52. The van der Waals surface area contributed by atoms with Crippen LogP contribution in [-0.4, -0.2) is 7.11 Å². The number of hydrogen-bond acceptors (Lipinski definition) is 3. The van der Waals surface area contributed by atoms with Gasteiger partial charge in [0.2, 0.25) is 0 Å². The second kappa shape index (κ2) is 7.35. The first-order valence-corrected chi connectivity index (χ1v) is 7.72. The maximum absolute atomic E-state index is 9.08. The van der Waals surface area contributed by atoms with Crippen molar-refractivity contribution in [1.29, 1.82) is 5.26 Å². The quantitative estimate of drug-likeness (QED) is 0.721. The van der Waals surface area contributed by atoms with E-state index in [0.717, 1.165) is 16.9 Å². The van der Waals surface area contributed by atoms with E-state index in [4.69, 9.17) is 26.3 Å². The van der Waals surface area contributed by atoms with Gasteiger partial charge in [-0.25, -0.2) is 0 Å². The summed E-state index contributed by atoms with van der Waals surface area (Å²) in [5.41, 5.74) is 2.38. The highest BCUT2D eigenvalue weighted by molar-refractivity contribution is 9.08. The van der Waals surface area contributed by atoms with Crippen molar-refractivity contribution in [3.8, 4) is 17.6 Å². The van der Waals surface area contributed by atoms with Crippen LogP contribution >= 0.6 is 27.5 Å². The van der Waals surface area contributed by atoms with Gasteiger partial charge in [-0.15, -0.1) is 0 Å². The van der Waals surface area contributed by atoms with Gasteiger partial charge in [0.05, 0.1) is 12.7 Å². The molecule has 21 heavy (non-hydrogen) atoms. The Labute approximate surface area is 137 Å². The van der Waals surface area contributed by atoms with E-state index in [1.807, 2.05) is 18.2 Å². The van der Waals surface area contributed by atoms with Crippen LogP contribution in [0.5, 0.6) is 11.5 Å². The summed E-state index contributed by atoms with van der Waals surface area (Å²) >= 11 is 9.37. The topological polar surface area (TPSA) is 42.2 Å². The maximum atomic E-state index is 9.08.